The van der Waals surface area contributed by atoms with E-state index in [1.807, 2.05) is 0 Å². The molecule has 1 atom stereocenters. The van der Waals surface area contributed by atoms with Gasteiger partial charge < -0.3 is 0 Å². The maximum Gasteiger partial charge on any atom is 0.0158 e. The SMILES string of the molecule is CC1CSCCN1CCCS. The molecule has 1 unspecified atom stereocenters. The molecule has 1 nitrogen and oxygen atoms in total. The van der Waals surface area contributed by atoms with E-state index in [1.165, 1.54) is 31.0 Å². The topological polar surface area (TPSA) is 3.24 Å². The molecule has 0 saturated carbocycles. The highest BCUT2D eigenvalue weighted by atomic mass is 32.2. The Morgan fingerprint density at radius 1 is 1.64 bits per heavy atom. The minimum atomic E-state index is 0.786. The fourth-order valence-electron chi connectivity index (χ4n) is 1.37. The Balaban J connectivity index is 2.18. The first-order chi connectivity index (χ1) is 5.34. The van der Waals surface area contributed by atoms with Crippen molar-refractivity contribution in [2.75, 3.05) is 30.3 Å². The molecule has 0 bridgehead atoms. The molecule has 1 heterocycles. The molecule has 0 radical (unpaired) electrons. The van der Waals surface area contributed by atoms with Crippen LogP contribution in [0.25, 0.3) is 0 Å². The Morgan fingerprint density at radius 2 is 2.45 bits per heavy atom. The predicted octanol–water partition coefficient (Wildman–Crippen LogP) is 1.74. The second-order valence-corrected chi connectivity index (χ2v) is 4.63. The number of nitrogens with zero attached hydrogens (tertiary/aromatic N) is 1. The van der Waals surface area contributed by atoms with E-state index in [2.05, 4.69) is 36.2 Å². The van der Waals surface area contributed by atoms with E-state index in [9.17, 15) is 0 Å². The zero-order chi connectivity index (χ0) is 8.10. The molecule has 0 amide bonds. The Labute approximate surface area is 79.3 Å². The number of rotatable bonds is 3. The van der Waals surface area contributed by atoms with Gasteiger partial charge in [-0.25, -0.2) is 0 Å². The summed E-state index contributed by atoms with van der Waals surface area (Å²) >= 11 is 6.30. The number of thioether (sulfide) groups is 1. The van der Waals surface area contributed by atoms with Gasteiger partial charge in [0, 0.05) is 24.1 Å². The van der Waals surface area contributed by atoms with Crippen LogP contribution in [0.3, 0.4) is 0 Å². The van der Waals surface area contributed by atoms with Crippen LogP contribution in [-0.4, -0.2) is 41.3 Å². The smallest absolute Gasteiger partial charge is 0.0158 e. The lowest BCUT2D eigenvalue weighted by Gasteiger charge is -2.32. The molecular formula is C8H17NS2. The van der Waals surface area contributed by atoms with Crippen molar-refractivity contribution in [3.8, 4) is 0 Å². The zero-order valence-electron chi connectivity index (χ0n) is 7.12. The minimum Gasteiger partial charge on any atom is -0.299 e. The normalized spacial score (nSPS) is 27.3. The highest BCUT2D eigenvalue weighted by molar-refractivity contribution is 7.99. The first-order valence-corrected chi connectivity index (χ1v) is 6.06. The molecular weight excluding hydrogens is 174 g/mol. The quantitative estimate of drug-likeness (QED) is 0.677. The van der Waals surface area contributed by atoms with Crippen molar-refractivity contribution in [3.05, 3.63) is 0 Å². The molecule has 3 heteroatoms. The third-order valence-corrected chi connectivity index (χ3v) is 3.61. The monoisotopic (exact) mass is 191 g/mol. The molecule has 1 aliphatic heterocycles. The van der Waals surface area contributed by atoms with E-state index in [1.54, 1.807) is 0 Å². The highest BCUT2D eigenvalue weighted by Gasteiger charge is 2.16. The summed E-state index contributed by atoms with van der Waals surface area (Å²) in [5.74, 6) is 3.65. The van der Waals surface area contributed by atoms with Crippen molar-refractivity contribution in [3.63, 3.8) is 0 Å². The van der Waals surface area contributed by atoms with Crippen molar-refractivity contribution in [1.82, 2.24) is 4.90 Å². The van der Waals surface area contributed by atoms with Crippen molar-refractivity contribution in [2.24, 2.45) is 0 Å². The van der Waals surface area contributed by atoms with Gasteiger partial charge in [0.05, 0.1) is 0 Å². The van der Waals surface area contributed by atoms with Crippen LogP contribution in [0, 0.1) is 0 Å². The molecule has 0 aliphatic carbocycles. The van der Waals surface area contributed by atoms with E-state index in [-0.39, 0.29) is 0 Å². The van der Waals surface area contributed by atoms with Gasteiger partial charge in [0.2, 0.25) is 0 Å². The minimum absolute atomic E-state index is 0.786. The highest BCUT2D eigenvalue weighted by Crippen LogP contribution is 2.15. The van der Waals surface area contributed by atoms with Gasteiger partial charge in [0.15, 0.2) is 0 Å². The molecule has 66 valence electrons. The van der Waals surface area contributed by atoms with Crippen LogP contribution in [0.1, 0.15) is 13.3 Å². The van der Waals surface area contributed by atoms with E-state index in [4.69, 9.17) is 0 Å². The van der Waals surface area contributed by atoms with Crippen molar-refractivity contribution < 1.29 is 0 Å². The van der Waals surface area contributed by atoms with Crippen LogP contribution in [0.5, 0.6) is 0 Å². The second kappa shape index (κ2) is 5.33. The van der Waals surface area contributed by atoms with Crippen LogP contribution in [0.2, 0.25) is 0 Å². The van der Waals surface area contributed by atoms with Crippen LogP contribution >= 0.6 is 24.4 Å². The van der Waals surface area contributed by atoms with Crippen molar-refractivity contribution >= 4 is 24.4 Å². The average Bonchev–Trinajstić information content (AvgIpc) is 2.03. The lowest BCUT2D eigenvalue weighted by Crippen LogP contribution is -2.40. The molecule has 1 rings (SSSR count). The average molecular weight is 191 g/mol. The fraction of sp³-hybridized carbons (Fsp3) is 1.00. The molecule has 0 aromatic carbocycles. The summed E-state index contributed by atoms with van der Waals surface area (Å²) < 4.78 is 0. The lowest BCUT2D eigenvalue weighted by molar-refractivity contribution is 0.234. The third-order valence-electron chi connectivity index (χ3n) is 2.11. The van der Waals surface area contributed by atoms with Gasteiger partial charge in [-0.2, -0.15) is 24.4 Å². The molecule has 0 spiro atoms. The fourth-order valence-corrected chi connectivity index (χ4v) is 2.59. The van der Waals surface area contributed by atoms with Crippen LogP contribution in [0.4, 0.5) is 0 Å². The first-order valence-electron chi connectivity index (χ1n) is 4.27. The standard InChI is InChI=1S/C8H17NS2/c1-8-7-11-6-4-9(8)3-2-5-10/h8,10H,2-7H2,1H3. The molecule has 11 heavy (non-hydrogen) atoms. The van der Waals surface area contributed by atoms with Gasteiger partial charge in [0.25, 0.3) is 0 Å². The van der Waals surface area contributed by atoms with Crippen LogP contribution in [0.15, 0.2) is 0 Å². The third kappa shape index (κ3) is 3.26. The Kier molecular flexibility index (Phi) is 4.72. The van der Waals surface area contributed by atoms with Crippen molar-refractivity contribution in [2.45, 2.75) is 19.4 Å². The first kappa shape index (κ1) is 9.75. The van der Waals surface area contributed by atoms with Crippen molar-refractivity contribution in [1.29, 1.82) is 0 Å². The molecule has 0 aromatic heterocycles. The van der Waals surface area contributed by atoms with Crippen LogP contribution < -0.4 is 0 Å². The maximum absolute atomic E-state index is 4.22. The number of hydrogen-bond acceptors (Lipinski definition) is 3. The summed E-state index contributed by atoms with van der Waals surface area (Å²) in [6.07, 6.45) is 1.23. The summed E-state index contributed by atoms with van der Waals surface area (Å²) in [6, 6.07) is 0.786. The Morgan fingerprint density at radius 3 is 3.09 bits per heavy atom. The molecule has 1 aliphatic rings. The summed E-state index contributed by atoms with van der Waals surface area (Å²) in [6.45, 7) is 4.84. The molecule has 0 aromatic rings. The zero-order valence-corrected chi connectivity index (χ0v) is 8.83. The Hall–Kier alpha value is 0.660. The molecule has 1 fully saturated rings. The van der Waals surface area contributed by atoms with Gasteiger partial charge >= 0.3 is 0 Å². The summed E-state index contributed by atoms with van der Waals surface area (Å²) in [5, 5.41) is 0. The van der Waals surface area contributed by atoms with Gasteiger partial charge in [-0.05, 0) is 25.6 Å². The van der Waals surface area contributed by atoms with E-state index < -0.39 is 0 Å². The van der Waals surface area contributed by atoms with Gasteiger partial charge in [0.1, 0.15) is 0 Å². The summed E-state index contributed by atoms with van der Waals surface area (Å²) in [7, 11) is 0. The predicted molar refractivity (Wildman–Crippen MR) is 56.8 cm³/mol. The summed E-state index contributed by atoms with van der Waals surface area (Å²) in [4.78, 5) is 2.58. The van der Waals surface area contributed by atoms with Gasteiger partial charge in [-0.15, -0.1) is 0 Å². The molecule has 1 saturated heterocycles. The van der Waals surface area contributed by atoms with E-state index in [0.29, 0.717) is 0 Å². The largest absolute Gasteiger partial charge is 0.299 e. The summed E-state index contributed by atoms with van der Waals surface area (Å²) in [5.41, 5.74) is 0. The molecule has 0 N–H and O–H groups in total. The van der Waals surface area contributed by atoms with E-state index >= 15 is 0 Å². The van der Waals surface area contributed by atoms with Crippen LogP contribution in [-0.2, 0) is 0 Å². The van der Waals surface area contributed by atoms with Gasteiger partial charge in [-0.3, -0.25) is 4.90 Å². The number of hydrogen-bond donors (Lipinski definition) is 1. The van der Waals surface area contributed by atoms with Gasteiger partial charge in [-0.1, -0.05) is 0 Å². The maximum atomic E-state index is 4.22. The lowest BCUT2D eigenvalue weighted by atomic mass is 10.3. The second-order valence-electron chi connectivity index (χ2n) is 3.04. The van der Waals surface area contributed by atoms with E-state index in [0.717, 1.165) is 11.8 Å². The Bertz CT molecular complexity index is 108. The number of thiol groups is 1.